The summed E-state index contributed by atoms with van der Waals surface area (Å²) in [5.74, 6) is 2.45. The van der Waals surface area contributed by atoms with Gasteiger partial charge in [-0.05, 0) is 25.9 Å². The highest BCUT2D eigenvalue weighted by Gasteiger charge is 2.36. The highest BCUT2D eigenvalue weighted by molar-refractivity contribution is 8.01. The summed E-state index contributed by atoms with van der Waals surface area (Å²) in [6, 6.07) is 0.297. The molecule has 6 heteroatoms. The molecule has 4 nitrogen and oxygen atoms in total. The van der Waals surface area contributed by atoms with E-state index in [0.717, 1.165) is 25.4 Å². The number of hydrogen-bond acceptors (Lipinski definition) is 5. The van der Waals surface area contributed by atoms with Gasteiger partial charge in [-0.3, -0.25) is 4.90 Å². The first kappa shape index (κ1) is 17.3. The van der Waals surface area contributed by atoms with E-state index in [1.54, 1.807) is 18.7 Å². The zero-order valence-electron chi connectivity index (χ0n) is 12.6. The van der Waals surface area contributed by atoms with E-state index in [2.05, 4.69) is 31.0 Å². The number of sulfone groups is 1. The summed E-state index contributed by atoms with van der Waals surface area (Å²) < 4.78 is 24.5. The van der Waals surface area contributed by atoms with Crippen molar-refractivity contribution in [2.45, 2.75) is 39.1 Å². The average molecular weight is 309 g/mol. The maximum atomic E-state index is 12.2. The molecule has 0 aromatic carbocycles. The van der Waals surface area contributed by atoms with Gasteiger partial charge in [0.2, 0.25) is 0 Å². The average Bonchev–Trinajstić information content (AvgIpc) is 2.43. The van der Waals surface area contributed by atoms with E-state index in [1.165, 1.54) is 0 Å². The van der Waals surface area contributed by atoms with Gasteiger partial charge in [0, 0.05) is 29.8 Å². The Kier molecular flexibility index (Phi) is 7.14. The summed E-state index contributed by atoms with van der Waals surface area (Å²) in [4.78, 5) is 2.21. The SMILES string of the molecule is CCNCC(C)C(C)N1CCSCC1S(=O)(=O)CC. The normalized spacial score (nSPS) is 25.2. The van der Waals surface area contributed by atoms with Crippen molar-refractivity contribution in [3.05, 3.63) is 0 Å². The van der Waals surface area contributed by atoms with Gasteiger partial charge >= 0.3 is 0 Å². The van der Waals surface area contributed by atoms with Gasteiger partial charge in [-0.25, -0.2) is 8.42 Å². The van der Waals surface area contributed by atoms with Gasteiger partial charge in [-0.2, -0.15) is 11.8 Å². The summed E-state index contributed by atoms with van der Waals surface area (Å²) in [5.41, 5.74) is 0. The molecule has 0 spiro atoms. The third kappa shape index (κ3) is 4.62. The molecule has 0 amide bonds. The molecule has 0 saturated carbocycles. The number of nitrogens with one attached hydrogen (secondary N) is 1. The van der Waals surface area contributed by atoms with Gasteiger partial charge in [0.15, 0.2) is 9.84 Å². The van der Waals surface area contributed by atoms with Crippen LogP contribution in [-0.2, 0) is 9.84 Å². The molecule has 1 fully saturated rings. The molecular formula is C13H28N2O2S2. The number of thioether (sulfide) groups is 1. The molecule has 1 heterocycles. The van der Waals surface area contributed by atoms with E-state index in [-0.39, 0.29) is 11.1 Å². The largest absolute Gasteiger partial charge is 0.317 e. The van der Waals surface area contributed by atoms with Crippen molar-refractivity contribution >= 4 is 21.6 Å². The van der Waals surface area contributed by atoms with Crippen molar-refractivity contribution in [3.63, 3.8) is 0 Å². The Balaban J connectivity index is 2.76. The first-order chi connectivity index (χ1) is 8.94. The summed E-state index contributed by atoms with van der Waals surface area (Å²) in [5, 5.41) is 3.06. The van der Waals surface area contributed by atoms with Crippen molar-refractivity contribution in [1.29, 1.82) is 0 Å². The first-order valence-electron chi connectivity index (χ1n) is 7.19. The van der Waals surface area contributed by atoms with E-state index < -0.39 is 9.84 Å². The number of hydrogen-bond donors (Lipinski definition) is 1. The number of rotatable bonds is 7. The monoisotopic (exact) mass is 308 g/mol. The van der Waals surface area contributed by atoms with Crippen LogP contribution in [0.2, 0.25) is 0 Å². The van der Waals surface area contributed by atoms with Crippen LogP contribution in [0.1, 0.15) is 27.7 Å². The molecule has 0 aliphatic carbocycles. The summed E-state index contributed by atoms with van der Waals surface area (Å²) in [7, 11) is -2.98. The number of nitrogens with zero attached hydrogens (tertiary/aromatic N) is 1. The fourth-order valence-electron chi connectivity index (χ4n) is 2.43. The summed E-state index contributed by atoms with van der Waals surface area (Å²) >= 11 is 1.76. The Bertz CT molecular complexity index is 360. The third-order valence-corrected chi connectivity index (χ3v) is 7.31. The van der Waals surface area contributed by atoms with Gasteiger partial charge < -0.3 is 5.32 Å². The van der Waals surface area contributed by atoms with Crippen LogP contribution in [0, 0.1) is 5.92 Å². The lowest BCUT2D eigenvalue weighted by Gasteiger charge is -2.41. The molecule has 0 bridgehead atoms. The van der Waals surface area contributed by atoms with Crippen LogP contribution in [0.25, 0.3) is 0 Å². The lowest BCUT2D eigenvalue weighted by atomic mass is 10.0. The predicted molar refractivity (Wildman–Crippen MR) is 84.4 cm³/mol. The molecule has 19 heavy (non-hydrogen) atoms. The Labute approximate surface area is 122 Å². The van der Waals surface area contributed by atoms with Gasteiger partial charge in [-0.1, -0.05) is 20.8 Å². The lowest BCUT2D eigenvalue weighted by molar-refractivity contribution is 0.156. The Hall–Kier alpha value is 0.220. The predicted octanol–water partition coefficient (Wildman–Crippen LogP) is 1.43. The zero-order chi connectivity index (χ0) is 14.5. The second-order valence-corrected chi connectivity index (χ2v) is 8.84. The molecule has 3 unspecified atom stereocenters. The minimum atomic E-state index is -2.98. The van der Waals surface area contributed by atoms with E-state index in [4.69, 9.17) is 0 Å². The highest BCUT2D eigenvalue weighted by Crippen LogP contribution is 2.25. The second-order valence-electron chi connectivity index (χ2n) is 5.24. The van der Waals surface area contributed by atoms with Crippen LogP contribution in [0.4, 0.5) is 0 Å². The minimum absolute atomic E-state index is 0.239. The molecule has 0 aromatic rings. The second kappa shape index (κ2) is 7.86. The van der Waals surface area contributed by atoms with Crippen LogP contribution >= 0.6 is 11.8 Å². The highest BCUT2D eigenvalue weighted by atomic mass is 32.2. The van der Waals surface area contributed by atoms with Crippen molar-refractivity contribution in [2.24, 2.45) is 5.92 Å². The van der Waals surface area contributed by atoms with Crippen LogP contribution in [0.15, 0.2) is 0 Å². The molecule has 1 aliphatic heterocycles. The van der Waals surface area contributed by atoms with Crippen molar-refractivity contribution in [3.8, 4) is 0 Å². The molecule has 3 atom stereocenters. The minimum Gasteiger partial charge on any atom is -0.317 e. The van der Waals surface area contributed by atoms with Crippen molar-refractivity contribution in [1.82, 2.24) is 10.2 Å². The molecule has 1 N–H and O–H groups in total. The van der Waals surface area contributed by atoms with Gasteiger partial charge in [-0.15, -0.1) is 0 Å². The van der Waals surface area contributed by atoms with Gasteiger partial charge in [0.25, 0.3) is 0 Å². The third-order valence-electron chi connectivity index (χ3n) is 4.00. The van der Waals surface area contributed by atoms with Crippen LogP contribution in [0.5, 0.6) is 0 Å². The Morgan fingerprint density at radius 2 is 2.05 bits per heavy atom. The van der Waals surface area contributed by atoms with E-state index in [1.807, 2.05) is 0 Å². The zero-order valence-corrected chi connectivity index (χ0v) is 14.2. The lowest BCUT2D eigenvalue weighted by Crippen LogP contribution is -2.54. The van der Waals surface area contributed by atoms with Crippen molar-refractivity contribution in [2.75, 3.05) is 36.9 Å². The quantitative estimate of drug-likeness (QED) is 0.771. The maximum Gasteiger partial charge on any atom is 0.166 e. The topological polar surface area (TPSA) is 49.4 Å². The van der Waals surface area contributed by atoms with E-state index in [9.17, 15) is 8.42 Å². The molecule has 0 aromatic heterocycles. The van der Waals surface area contributed by atoms with Gasteiger partial charge in [0.05, 0.1) is 0 Å². The Morgan fingerprint density at radius 1 is 1.37 bits per heavy atom. The van der Waals surface area contributed by atoms with E-state index >= 15 is 0 Å². The molecule has 1 saturated heterocycles. The van der Waals surface area contributed by atoms with E-state index in [0.29, 0.717) is 17.7 Å². The smallest absolute Gasteiger partial charge is 0.166 e. The fraction of sp³-hybridized carbons (Fsp3) is 1.00. The fourth-order valence-corrected chi connectivity index (χ4v) is 5.54. The summed E-state index contributed by atoms with van der Waals surface area (Å²) in [6.07, 6.45) is 0. The Morgan fingerprint density at radius 3 is 2.63 bits per heavy atom. The standard InChI is InChI=1S/C13H28N2O2S2/c1-5-14-9-11(3)12(4)15-7-8-18-10-13(15)19(16,17)6-2/h11-14H,5-10H2,1-4H3. The first-order valence-corrected chi connectivity index (χ1v) is 10.1. The molecule has 1 rings (SSSR count). The molecule has 0 radical (unpaired) electrons. The molecular weight excluding hydrogens is 280 g/mol. The van der Waals surface area contributed by atoms with Gasteiger partial charge in [0.1, 0.15) is 5.37 Å². The van der Waals surface area contributed by atoms with Crippen molar-refractivity contribution < 1.29 is 8.42 Å². The molecule has 1 aliphatic rings. The van der Waals surface area contributed by atoms with Crippen LogP contribution in [-0.4, -0.2) is 61.6 Å². The van der Waals surface area contributed by atoms with Crippen LogP contribution < -0.4 is 5.32 Å². The summed E-state index contributed by atoms with van der Waals surface area (Å²) in [6.45, 7) is 11.0. The maximum absolute atomic E-state index is 12.2. The molecule has 114 valence electrons. The van der Waals surface area contributed by atoms with Crippen LogP contribution in [0.3, 0.4) is 0 Å².